The van der Waals surface area contributed by atoms with Gasteiger partial charge in [0.2, 0.25) is 0 Å². The summed E-state index contributed by atoms with van der Waals surface area (Å²) in [6.45, 7) is 4.07. The third kappa shape index (κ3) is 4.09. The predicted molar refractivity (Wildman–Crippen MR) is 132 cm³/mol. The highest BCUT2D eigenvalue weighted by Crippen LogP contribution is 2.38. The minimum Gasteiger partial charge on any atom is -0.456 e. The van der Waals surface area contributed by atoms with E-state index in [4.69, 9.17) is 4.42 Å². The number of rotatable bonds is 5. The van der Waals surface area contributed by atoms with E-state index in [1.807, 2.05) is 74.5 Å². The smallest absolute Gasteiger partial charge is 0.280 e. The number of furan rings is 1. The van der Waals surface area contributed by atoms with Crippen LogP contribution in [0, 0.1) is 24.0 Å². The summed E-state index contributed by atoms with van der Waals surface area (Å²) >= 11 is 0. The van der Waals surface area contributed by atoms with Crippen LogP contribution in [0.2, 0.25) is 0 Å². The van der Waals surface area contributed by atoms with Gasteiger partial charge in [0.25, 0.3) is 5.69 Å². The van der Waals surface area contributed by atoms with Gasteiger partial charge in [-0.15, -0.1) is 10.2 Å². The summed E-state index contributed by atoms with van der Waals surface area (Å²) in [5.41, 5.74) is 6.74. The Balaban J connectivity index is 1.66. The van der Waals surface area contributed by atoms with Crippen molar-refractivity contribution < 1.29 is 9.34 Å². The van der Waals surface area contributed by atoms with Gasteiger partial charge >= 0.3 is 0 Å². The molecule has 0 saturated heterocycles. The Morgan fingerprint density at radius 1 is 0.706 bits per heavy atom. The molecule has 34 heavy (non-hydrogen) atoms. The average Bonchev–Trinajstić information content (AvgIpc) is 3.35. The van der Waals surface area contributed by atoms with Crippen LogP contribution in [-0.2, 0) is 0 Å². The van der Waals surface area contributed by atoms with E-state index in [0.717, 1.165) is 33.5 Å². The minimum absolute atomic E-state index is 0.00430. The SMILES string of the molecule is Cc1ccc(-c2cc(-c3ccc(-c4ccccc4[N+](=O)[O-])o3)c(-c3ccc(C)cc3)nn2)cc1. The largest absolute Gasteiger partial charge is 0.456 e. The zero-order chi connectivity index (χ0) is 23.7. The Kier molecular flexibility index (Phi) is 5.47. The molecule has 0 spiro atoms. The van der Waals surface area contributed by atoms with Gasteiger partial charge in [0.15, 0.2) is 0 Å². The van der Waals surface area contributed by atoms with Gasteiger partial charge in [-0.3, -0.25) is 10.1 Å². The fourth-order valence-electron chi connectivity index (χ4n) is 3.84. The van der Waals surface area contributed by atoms with Crippen molar-refractivity contribution in [3.05, 3.63) is 112 Å². The molecule has 0 aliphatic heterocycles. The quantitative estimate of drug-likeness (QED) is 0.209. The molecule has 0 bridgehead atoms. The summed E-state index contributed by atoms with van der Waals surface area (Å²) in [5.74, 6) is 0.984. The maximum Gasteiger partial charge on any atom is 0.280 e. The molecule has 0 aliphatic rings. The first kappa shape index (κ1) is 21.3. The molecular formula is C28H21N3O3. The van der Waals surface area contributed by atoms with Gasteiger partial charge in [-0.25, -0.2) is 0 Å². The summed E-state index contributed by atoms with van der Waals surface area (Å²) in [6.07, 6.45) is 0. The predicted octanol–water partition coefficient (Wildman–Crippen LogP) is 7.26. The van der Waals surface area contributed by atoms with E-state index in [0.29, 0.717) is 22.8 Å². The summed E-state index contributed by atoms with van der Waals surface area (Å²) in [7, 11) is 0. The van der Waals surface area contributed by atoms with Crippen molar-refractivity contribution in [3.63, 3.8) is 0 Å². The van der Waals surface area contributed by atoms with Crippen molar-refractivity contribution in [3.8, 4) is 45.2 Å². The molecule has 0 atom stereocenters. The van der Waals surface area contributed by atoms with Crippen LogP contribution in [0.1, 0.15) is 11.1 Å². The van der Waals surface area contributed by atoms with E-state index in [-0.39, 0.29) is 5.69 Å². The molecule has 166 valence electrons. The van der Waals surface area contributed by atoms with Gasteiger partial charge in [0.1, 0.15) is 17.2 Å². The molecule has 0 amide bonds. The van der Waals surface area contributed by atoms with Crippen LogP contribution >= 0.6 is 0 Å². The van der Waals surface area contributed by atoms with Gasteiger partial charge in [0.05, 0.1) is 16.2 Å². The summed E-state index contributed by atoms with van der Waals surface area (Å²) in [4.78, 5) is 11.1. The number of nitrogens with zero attached hydrogens (tertiary/aromatic N) is 3. The lowest BCUT2D eigenvalue weighted by Crippen LogP contribution is -1.95. The number of nitro groups is 1. The van der Waals surface area contributed by atoms with Gasteiger partial charge in [-0.05, 0) is 38.1 Å². The lowest BCUT2D eigenvalue weighted by atomic mass is 10.0. The molecule has 0 fully saturated rings. The van der Waals surface area contributed by atoms with Gasteiger partial charge in [0, 0.05) is 22.8 Å². The molecule has 3 aromatic carbocycles. The Bertz CT molecular complexity index is 1490. The molecular weight excluding hydrogens is 426 g/mol. The van der Waals surface area contributed by atoms with Crippen molar-refractivity contribution >= 4 is 5.69 Å². The van der Waals surface area contributed by atoms with Gasteiger partial charge in [-0.1, -0.05) is 71.8 Å². The molecule has 6 nitrogen and oxygen atoms in total. The first-order chi connectivity index (χ1) is 16.5. The zero-order valence-electron chi connectivity index (χ0n) is 18.7. The first-order valence-electron chi connectivity index (χ1n) is 10.9. The van der Waals surface area contributed by atoms with Gasteiger partial charge < -0.3 is 4.42 Å². The zero-order valence-corrected chi connectivity index (χ0v) is 18.7. The van der Waals surface area contributed by atoms with Crippen LogP contribution in [0.15, 0.2) is 95.4 Å². The number of nitro benzene ring substituents is 1. The standard InChI is InChI=1S/C28H21N3O3/c1-18-7-11-20(12-8-18)24-17-23(28(30-29-24)21-13-9-19(2)10-14-21)27-16-15-26(34-27)22-5-3-4-6-25(22)31(32)33/h3-17H,1-2H3. The molecule has 0 aliphatic carbocycles. The molecule has 2 heterocycles. The second kappa shape index (κ2) is 8.75. The fraction of sp³-hybridized carbons (Fsp3) is 0.0714. The Hall–Kier alpha value is -4.58. The maximum atomic E-state index is 11.5. The average molecular weight is 447 g/mol. The summed E-state index contributed by atoms with van der Waals surface area (Å²) in [6, 6.07) is 28.2. The number of hydrogen-bond donors (Lipinski definition) is 0. The van der Waals surface area contributed by atoms with E-state index in [1.54, 1.807) is 24.3 Å². The second-order valence-corrected chi connectivity index (χ2v) is 8.16. The van der Waals surface area contributed by atoms with Crippen molar-refractivity contribution in [2.45, 2.75) is 13.8 Å². The third-order valence-electron chi connectivity index (χ3n) is 5.70. The highest BCUT2D eigenvalue weighted by Gasteiger charge is 2.20. The van der Waals surface area contributed by atoms with Crippen LogP contribution < -0.4 is 0 Å². The molecule has 0 N–H and O–H groups in total. The topological polar surface area (TPSA) is 82.1 Å². The normalized spacial score (nSPS) is 10.9. The molecule has 2 aromatic heterocycles. The lowest BCUT2D eigenvalue weighted by Gasteiger charge is -2.10. The van der Waals surface area contributed by atoms with E-state index in [2.05, 4.69) is 10.2 Å². The van der Waals surface area contributed by atoms with Crippen LogP contribution in [0.4, 0.5) is 5.69 Å². The Labute approximate surface area is 196 Å². The van der Waals surface area contributed by atoms with E-state index < -0.39 is 4.92 Å². The lowest BCUT2D eigenvalue weighted by molar-refractivity contribution is -0.384. The Morgan fingerprint density at radius 2 is 1.29 bits per heavy atom. The highest BCUT2D eigenvalue weighted by atomic mass is 16.6. The first-order valence-corrected chi connectivity index (χ1v) is 10.9. The van der Waals surface area contributed by atoms with Crippen LogP contribution in [-0.4, -0.2) is 15.1 Å². The van der Waals surface area contributed by atoms with Crippen LogP contribution in [0.5, 0.6) is 0 Å². The number of benzene rings is 3. The monoisotopic (exact) mass is 447 g/mol. The van der Waals surface area contributed by atoms with Crippen LogP contribution in [0.3, 0.4) is 0 Å². The minimum atomic E-state index is -0.404. The number of aromatic nitrogens is 2. The van der Waals surface area contributed by atoms with Crippen LogP contribution in [0.25, 0.3) is 45.2 Å². The van der Waals surface area contributed by atoms with Crippen molar-refractivity contribution in [1.29, 1.82) is 0 Å². The molecule has 0 unspecified atom stereocenters. The summed E-state index contributed by atoms with van der Waals surface area (Å²) < 4.78 is 6.17. The highest BCUT2D eigenvalue weighted by molar-refractivity contribution is 5.82. The molecule has 6 heteroatoms. The van der Waals surface area contributed by atoms with E-state index in [9.17, 15) is 10.1 Å². The molecule has 0 saturated carbocycles. The maximum absolute atomic E-state index is 11.5. The van der Waals surface area contributed by atoms with Gasteiger partial charge in [-0.2, -0.15) is 0 Å². The molecule has 0 radical (unpaired) electrons. The second-order valence-electron chi connectivity index (χ2n) is 8.16. The number of aryl methyl sites for hydroxylation is 2. The van der Waals surface area contributed by atoms with E-state index in [1.165, 1.54) is 6.07 Å². The van der Waals surface area contributed by atoms with E-state index >= 15 is 0 Å². The van der Waals surface area contributed by atoms with Crippen molar-refractivity contribution in [1.82, 2.24) is 10.2 Å². The third-order valence-corrected chi connectivity index (χ3v) is 5.70. The number of para-hydroxylation sites is 1. The fourth-order valence-corrected chi connectivity index (χ4v) is 3.84. The van der Waals surface area contributed by atoms with Crippen molar-refractivity contribution in [2.75, 3.05) is 0 Å². The molecule has 5 aromatic rings. The molecule has 5 rings (SSSR count). The van der Waals surface area contributed by atoms with Crippen molar-refractivity contribution in [2.24, 2.45) is 0 Å². The number of hydrogen-bond acceptors (Lipinski definition) is 5. The Morgan fingerprint density at radius 3 is 1.94 bits per heavy atom. The summed E-state index contributed by atoms with van der Waals surface area (Å²) in [5, 5.41) is 20.6.